The topological polar surface area (TPSA) is 95.2 Å². The summed E-state index contributed by atoms with van der Waals surface area (Å²) in [5, 5.41) is 18.6. The summed E-state index contributed by atoms with van der Waals surface area (Å²) >= 11 is 0. The molecule has 0 atom stereocenters. The molecule has 0 aliphatic heterocycles. The third kappa shape index (κ3) is 3.91. The Labute approximate surface area is 173 Å². The molecule has 0 bridgehead atoms. The molecule has 0 aromatic heterocycles. The van der Waals surface area contributed by atoms with Crippen LogP contribution < -0.4 is 0 Å². The molecule has 0 unspecified atom stereocenters. The van der Waals surface area contributed by atoms with Gasteiger partial charge in [0.25, 0.3) is 0 Å². The van der Waals surface area contributed by atoms with E-state index in [-0.39, 0.29) is 28.6 Å². The number of carboxylic acid groups (broad SMARTS) is 1. The lowest BCUT2D eigenvalue weighted by Gasteiger charge is -2.15. The maximum atomic E-state index is 13.6. The van der Waals surface area contributed by atoms with E-state index in [0.717, 1.165) is 12.8 Å². The third-order valence-corrected chi connectivity index (χ3v) is 7.08. The zero-order valence-electron chi connectivity index (χ0n) is 15.9. The minimum Gasteiger partial charge on any atom is -0.478 e. The molecule has 1 fully saturated rings. The molecule has 0 spiro atoms. The lowest BCUT2D eigenvalue weighted by atomic mass is 9.98. The molecule has 7 heteroatoms. The van der Waals surface area contributed by atoms with Crippen molar-refractivity contribution in [3.63, 3.8) is 0 Å². The van der Waals surface area contributed by atoms with Gasteiger partial charge in [0.1, 0.15) is 5.83 Å². The van der Waals surface area contributed by atoms with Crippen LogP contribution in [-0.4, -0.2) is 19.5 Å². The van der Waals surface area contributed by atoms with E-state index >= 15 is 0 Å². The van der Waals surface area contributed by atoms with E-state index in [9.17, 15) is 28.0 Å². The molecule has 0 amide bonds. The first kappa shape index (κ1) is 20.0. The Morgan fingerprint density at radius 3 is 2.53 bits per heavy atom. The van der Waals surface area contributed by atoms with Gasteiger partial charge in [-0.2, -0.15) is 5.26 Å². The van der Waals surface area contributed by atoms with Gasteiger partial charge in [0, 0.05) is 6.42 Å². The van der Waals surface area contributed by atoms with E-state index in [1.165, 1.54) is 24.3 Å². The van der Waals surface area contributed by atoms with Gasteiger partial charge in [0.2, 0.25) is 0 Å². The first-order valence-corrected chi connectivity index (χ1v) is 11.1. The fraction of sp³-hybridized carbons (Fsp3) is 0.217. The summed E-state index contributed by atoms with van der Waals surface area (Å²) in [6.07, 6.45) is 4.74. The van der Waals surface area contributed by atoms with E-state index in [1.54, 1.807) is 24.3 Å². The summed E-state index contributed by atoms with van der Waals surface area (Å²) < 4.78 is 40.3. The number of hydrogen-bond donors (Lipinski definition) is 1. The van der Waals surface area contributed by atoms with Crippen LogP contribution in [0.1, 0.15) is 57.8 Å². The van der Waals surface area contributed by atoms with Crippen molar-refractivity contribution in [3.8, 4) is 6.07 Å². The molecule has 30 heavy (non-hydrogen) atoms. The highest BCUT2D eigenvalue weighted by molar-refractivity contribution is 7.90. The normalized spacial score (nSPS) is 16.0. The lowest BCUT2D eigenvalue weighted by molar-refractivity contribution is 0.0696. The first-order chi connectivity index (χ1) is 14.3. The molecular weight excluding hydrogens is 405 g/mol. The van der Waals surface area contributed by atoms with Crippen molar-refractivity contribution >= 4 is 21.4 Å². The molecule has 0 heterocycles. The van der Waals surface area contributed by atoms with Gasteiger partial charge in [-0.25, -0.2) is 17.6 Å². The Balaban J connectivity index is 1.78. The van der Waals surface area contributed by atoms with Gasteiger partial charge in [-0.15, -0.1) is 0 Å². The average molecular weight is 423 g/mol. The zero-order valence-corrected chi connectivity index (χ0v) is 16.7. The van der Waals surface area contributed by atoms with Crippen molar-refractivity contribution in [3.05, 3.63) is 82.2 Å². The van der Waals surface area contributed by atoms with Gasteiger partial charge >= 0.3 is 5.97 Å². The standard InChI is InChI=1S/C23H18FNO4S/c24-19-6-4-16(10-19)20-7-1-14(12-25)9-18(20)13-30(28,29)22-11-17(23(26)27)5-8-21(22)15-2-3-15/h1,4-9,11,15H,2-3,10,13H2,(H,26,27). The molecule has 0 radical (unpaired) electrons. The summed E-state index contributed by atoms with van der Waals surface area (Å²) in [6, 6.07) is 10.9. The van der Waals surface area contributed by atoms with Gasteiger partial charge in [0.15, 0.2) is 9.84 Å². The number of aromatic carboxylic acids is 1. The fourth-order valence-electron chi connectivity index (χ4n) is 3.72. The number of nitriles is 1. The summed E-state index contributed by atoms with van der Waals surface area (Å²) in [6.45, 7) is 0. The van der Waals surface area contributed by atoms with Crippen molar-refractivity contribution in [1.82, 2.24) is 0 Å². The number of benzene rings is 2. The van der Waals surface area contributed by atoms with Crippen LogP contribution in [0.15, 0.2) is 59.3 Å². The molecule has 0 saturated heterocycles. The van der Waals surface area contributed by atoms with Gasteiger partial charge in [0.05, 0.1) is 27.8 Å². The Morgan fingerprint density at radius 1 is 1.17 bits per heavy atom. The Kier molecular flexibility index (Phi) is 5.04. The lowest BCUT2D eigenvalue weighted by Crippen LogP contribution is -2.11. The van der Waals surface area contributed by atoms with Crippen LogP contribution >= 0.6 is 0 Å². The summed E-state index contributed by atoms with van der Waals surface area (Å²) in [4.78, 5) is 11.4. The highest BCUT2D eigenvalue weighted by Gasteiger charge is 2.32. The molecule has 2 aliphatic carbocycles. The second kappa shape index (κ2) is 7.54. The van der Waals surface area contributed by atoms with Crippen LogP contribution in [0.2, 0.25) is 0 Å². The highest BCUT2D eigenvalue weighted by atomic mass is 32.2. The average Bonchev–Trinajstić information content (AvgIpc) is 3.48. The van der Waals surface area contributed by atoms with Crippen LogP contribution in [0.25, 0.3) is 5.57 Å². The number of sulfone groups is 1. The number of carbonyl (C=O) groups is 1. The van der Waals surface area contributed by atoms with E-state index in [2.05, 4.69) is 0 Å². The number of nitrogens with zero attached hydrogens (tertiary/aromatic N) is 1. The second-order valence-corrected chi connectivity index (χ2v) is 9.52. The molecule has 152 valence electrons. The third-order valence-electron chi connectivity index (χ3n) is 5.36. The minimum atomic E-state index is -3.91. The fourth-order valence-corrected chi connectivity index (χ4v) is 5.43. The summed E-state index contributed by atoms with van der Waals surface area (Å²) in [7, 11) is -3.91. The van der Waals surface area contributed by atoms with Gasteiger partial charge in [-0.1, -0.05) is 18.2 Å². The number of allylic oxidation sites excluding steroid dienone is 4. The van der Waals surface area contributed by atoms with E-state index in [0.29, 0.717) is 27.8 Å². The predicted molar refractivity (Wildman–Crippen MR) is 109 cm³/mol. The molecule has 1 saturated carbocycles. The van der Waals surface area contributed by atoms with Crippen LogP contribution in [-0.2, 0) is 15.6 Å². The maximum Gasteiger partial charge on any atom is 0.335 e. The van der Waals surface area contributed by atoms with E-state index in [4.69, 9.17) is 0 Å². The SMILES string of the molecule is N#Cc1ccc(C2=CC=C(F)C2)c(CS(=O)(=O)c2cc(C(=O)O)ccc2C2CC2)c1. The van der Waals surface area contributed by atoms with Crippen LogP contribution in [0, 0.1) is 11.3 Å². The molecule has 5 nitrogen and oxygen atoms in total. The molecule has 1 N–H and O–H groups in total. The van der Waals surface area contributed by atoms with Crippen LogP contribution in [0.5, 0.6) is 0 Å². The Morgan fingerprint density at radius 2 is 1.93 bits per heavy atom. The highest BCUT2D eigenvalue weighted by Crippen LogP contribution is 2.44. The Hall–Kier alpha value is -3.24. The van der Waals surface area contributed by atoms with Gasteiger partial charge in [-0.05, 0) is 71.4 Å². The van der Waals surface area contributed by atoms with Crippen molar-refractivity contribution in [1.29, 1.82) is 5.26 Å². The van der Waals surface area contributed by atoms with Crippen molar-refractivity contribution in [2.75, 3.05) is 0 Å². The second-order valence-electron chi connectivity index (χ2n) is 7.56. The minimum absolute atomic E-state index is 0.0166. The van der Waals surface area contributed by atoms with Crippen LogP contribution in [0.4, 0.5) is 4.39 Å². The smallest absolute Gasteiger partial charge is 0.335 e. The van der Waals surface area contributed by atoms with Crippen molar-refractivity contribution in [2.45, 2.75) is 35.8 Å². The molecule has 2 aromatic carbocycles. The predicted octanol–water partition coefficient (Wildman–Crippen LogP) is 4.75. The monoisotopic (exact) mass is 423 g/mol. The molecular formula is C23H18FNO4S. The van der Waals surface area contributed by atoms with Gasteiger partial charge in [-0.3, -0.25) is 0 Å². The number of rotatable bonds is 6. The molecule has 2 aliphatic rings. The van der Waals surface area contributed by atoms with E-state index < -0.39 is 21.6 Å². The van der Waals surface area contributed by atoms with E-state index in [1.807, 2.05) is 6.07 Å². The van der Waals surface area contributed by atoms with Gasteiger partial charge < -0.3 is 5.11 Å². The quantitative estimate of drug-likeness (QED) is 0.724. The molecule has 4 rings (SSSR count). The first-order valence-electron chi connectivity index (χ1n) is 9.47. The van der Waals surface area contributed by atoms with Crippen LogP contribution in [0.3, 0.4) is 0 Å². The number of hydrogen-bond acceptors (Lipinski definition) is 4. The molecule has 2 aromatic rings. The number of carboxylic acids is 1. The Bertz CT molecular complexity index is 1260. The van der Waals surface area contributed by atoms with Crippen molar-refractivity contribution < 1.29 is 22.7 Å². The number of halogens is 1. The summed E-state index contributed by atoms with van der Waals surface area (Å²) in [5.74, 6) is -1.80. The van der Waals surface area contributed by atoms with Crippen molar-refractivity contribution in [2.24, 2.45) is 0 Å². The summed E-state index contributed by atoms with van der Waals surface area (Å²) in [5.41, 5.74) is 2.45. The zero-order chi connectivity index (χ0) is 21.5. The largest absolute Gasteiger partial charge is 0.478 e. The maximum absolute atomic E-state index is 13.6.